The molecular weight excluding hydrogens is 269 g/mol. The predicted octanol–water partition coefficient (Wildman–Crippen LogP) is 3.97. The minimum absolute atomic E-state index is 0.423. The number of hydrogen-bond donors (Lipinski definition) is 1. The SMILES string of the molecule is Cc1ncccc1C(O)Cc1cc(Cl)ccc1Cl. The van der Waals surface area contributed by atoms with Gasteiger partial charge in [0.2, 0.25) is 0 Å². The molecule has 1 aromatic carbocycles. The molecule has 4 heteroatoms. The number of rotatable bonds is 3. The Balaban J connectivity index is 2.24. The maximum Gasteiger partial charge on any atom is 0.0848 e. The predicted molar refractivity (Wildman–Crippen MR) is 74.1 cm³/mol. The van der Waals surface area contributed by atoms with Crippen LogP contribution >= 0.6 is 23.2 Å². The number of pyridine rings is 1. The normalized spacial score (nSPS) is 12.4. The molecule has 0 aliphatic carbocycles. The number of aryl methyl sites for hydroxylation is 1. The van der Waals surface area contributed by atoms with Gasteiger partial charge in [-0.3, -0.25) is 4.98 Å². The number of aliphatic hydroxyl groups is 1. The molecule has 2 nitrogen and oxygen atoms in total. The Bertz CT molecular complexity index is 557. The Morgan fingerprint density at radius 1 is 1.28 bits per heavy atom. The molecule has 18 heavy (non-hydrogen) atoms. The van der Waals surface area contributed by atoms with Crippen molar-refractivity contribution in [2.45, 2.75) is 19.4 Å². The summed E-state index contributed by atoms with van der Waals surface area (Å²) in [6.07, 6.45) is 1.50. The van der Waals surface area contributed by atoms with Gasteiger partial charge in [0.25, 0.3) is 0 Å². The van der Waals surface area contributed by atoms with E-state index in [-0.39, 0.29) is 0 Å². The van der Waals surface area contributed by atoms with Crippen molar-refractivity contribution in [3.8, 4) is 0 Å². The highest BCUT2D eigenvalue weighted by atomic mass is 35.5. The zero-order valence-electron chi connectivity index (χ0n) is 9.90. The van der Waals surface area contributed by atoms with Crippen LogP contribution in [0.1, 0.15) is 22.9 Å². The molecule has 0 bridgehead atoms. The molecule has 1 atom stereocenters. The zero-order valence-corrected chi connectivity index (χ0v) is 11.4. The largest absolute Gasteiger partial charge is 0.388 e. The summed E-state index contributed by atoms with van der Waals surface area (Å²) in [6, 6.07) is 8.92. The van der Waals surface area contributed by atoms with Crippen molar-refractivity contribution >= 4 is 23.2 Å². The molecule has 0 amide bonds. The molecule has 94 valence electrons. The van der Waals surface area contributed by atoms with E-state index in [2.05, 4.69) is 4.98 Å². The Labute approximate surface area is 116 Å². The van der Waals surface area contributed by atoms with E-state index in [1.54, 1.807) is 24.4 Å². The second-order valence-corrected chi connectivity index (χ2v) is 4.98. The fourth-order valence-electron chi connectivity index (χ4n) is 1.87. The molecule has 0 radical (unpaired) electrons. The van der Waals surface area contributed by atoms with Gasteiger partial charge < -0.3 is 5.11 Å². The van der Waals surface area contributed by atoms with Crippen molar-refractivity contribution < 1.29 is 5.11 Å². The third-order valence-electron chi connectivity index (χ3n) is 2.83. The summed E-state index contributed by atoms with van der Waals surface area (Å²) in [5.41, 5.74) is 2.47. The molecule has 1 N–H and O–H groups in total. The third kappa shape index (κ3) is 3.02. The molecule has 0 fully saturated rings. The second-order valence-electron chi connectivity index (χ2n) is 4.13. The van der Waals surface area contributed by atoms with Crippen LogP contribution in [-0.2, 0) is 6.42 Å². The van der Waals surface area contributed by atoms with Gasteiger partial charge in [-0.15, -0.1) is 0 Å². The molecule has 1 aromatic heterocycles. The molecule has 0 aliphatic heterocycles. The van der Waals surface area contributed by atoms with Gasteiger partial charge in [0.15, 0.2) is 0 Å². The van der Waals surface area contributed by atoms with Crippen molar-refractivity contribution in [1.29, 1.82) is 0 Å². The van der Waals surface area contributed by atoms with Crippen LogP contribution in [0.4, 0.5) is 0 Å². The summed E-state index contributed by atoms with van der Waals surface area (Å²) in [4.78, 5) is 4.16. The molecule has 0 aliphatic rings. The van der Waals surface area contributed by atoms with Gasteiger partial charge in [-0.1, -0.05) is 29.3 Å². The number of nitrogens with zero attached hydrogens (tertiary/aromatic N) is 1. The van der Waals surface area contributed by atoms with Crippen LogP contribution in [0.15, 0.2) is 36.5 Å². The highest BCUT2D eigenvalue weighted by Crippen LogP contribution is 2.26. The van der Waals surface area contributed by atoms with E-state index >= 15 is 0 Å². The van der Waals surface area contributed by atoms with Gasteiger partial charge in [-0.05, 0) is 36.8 Å². The Morgan fingerprint density at radius 3 is 2.78 bits per heavy atom. The van der Waals surface area contributed by atoms with Crippen LogP contribution in [-0.4, -0.2) is 10.1 Å². The Morgan fingerprint density at radius 2 is 2.06 bits per heavy atom. The average Bonchev–Trinajstić information content (AvgIpc) is 2.34. The number of benzene rings is 1. The fraction of sp³-hybridized carbons (Fsp3) is 0.214. The first-order valence-electron chi connectivity index (χ1n) is 5.61. The van der Waals surface area contributed by atoms with Crippen LogP contribution in [0.5, 0.6) is 0 Å². The van der Waals surface area contributed by atoms with Crippen LogP contribution in [0.3, 0.4) is 0 Å². The van der Waals surface area contributed by atoms with E-state index in [0.29, 0.717) is 16.5 Å². The van der Waals surface area contributed by atoms with E-state index in [1.807, 2.05) is 19.1 Å². The quantitative estimate of drug-likeness (QED) is 0.923. The van der Waals surface area contributed by atoms with Crippen molar-refractivity contribution in [1.82, 2.24) is 4.98 Å². The molecule has 2 rings (SSSR count). The first-order valence-corrected chi connectivity index (χ1v) is 6.37. The molecule has 1 heterocycles. The topological polar surface area (TPSA) is 33.1 Å². The molecule has 0 spiro atoms. The van der Waals surface area contributed by atoms with E-state index in [9.17, 15) is 5.11 Å². The summed E-state index contributed by atoms with van der Waals surface area (Å²) >= 11 is 12.0. The molecule has 2 aromatic rings. The van der Waals surface area contributed by atoms with Crippen LogP contribution in [0, 0.1) is 6.92 Å². The van der Waals surface area contributed by atoms with Gasteiger partial charge in [0, 0.05) is 33.9 Å². The monoisotopic (exact) mass is 281 g/mol. The zero-order chi connectivity index (χ0) is 13.1. The third-order valence-corrected chi connectivity index (χ3v) is 3.43. The lowest BCUT2D eigenvalue weighted by Gasteiger charge is -2.14. The molecule has 0 saturated carbocycles. The van der Waals surface area contributed by atoms with Crippen molar-refractivity contribution in [2.75, 3.05) is 0 Å². The maximum absolute atomic E-state index is 10.2. The second kappa shape index (κ2) is 5.70. The first-order chi connectivity index (χ1) is 8.58. The number of aliphatic hydroxyl groups excluding tert-OH is 1. The Kier molecular flexibility index (Phi) is 4.23. The van der Waals surface area contributed by atoms with Gasteiger partial charge in [0.1, 0.15) is 0 Å². The average molecular weight is 282 g/mol. The lowest BCUT2D eigenvalue weighted by molar-refractivity contribution is 0.177. The summed E-state index contributed by atoms with van der Waals surface area (Å²) in [7, 11) is 0. The van der Waals surface area contributed by atoms with Gasteiger partial charge >= 0.3 is 0 Å². The highest BCUT2D eigenvalue weighted by molar-refractivity contribution is 6.33. The fourth-order valence-corrected chi connectivity index (χ4v) is 2.26. The van der Waals surface area contributed by atoms with E-state index < -0.39 is 6.10 Å². The number of aromatic nitrogens is 1. The highest BCUT2D eigenvalue weighted by Gasteiger charge is 2.13. The van der Waals surface area contributed by atoms with Gasteiger partial charge in [0.05, 0.1) is 6.10 Å². The summed E-state index contributed by atoms with van der Waals surface area (Å²) < 4.78 is 0. The summed E-state index contributed by atoms with van der Waals surface area (Å²) in [5.74, 6) is 0. The van der Waals surface area contributed by atoms with Crippen molar-refractivity contribution in [3.05, 3.63) is 63.4 Å². The summed E-state index contributed by atoms with van der Waals surface area (Å²) in [5, 5.41) is 11.5. The van der Waals surface area contributed by atoms with Crippen molar-refractivity contribution in [2.24, 2.45) is 0 Å². The van der Waals surface area contributed by atoms with E-state index in [4.69, 9.17) is 23.2 Å². The van der Waals surface area contributed by atoms with Gasteiger partial charge in [-0.25, -0.2) is 0 Å². The van der Waals surface area contributed by atoms with Crippen LogP contribution in [0.2, 0.25) is 10.0 Å². The van der Waals surface area contributed by atoms with Gasteiger partial charge in [-0.2, -0.15) is 0 Å². The lowest BCUT2D eigenvalue weighted by Crippen LogP contribution is -2.05. The number of halogens is 2. The Hall–Kier alpha value is -1.09. The smallest absolute Gasteiger partial charge is 0.0848 e. The minimum atomic E-state index is -0.630. The maximum atomic E-state index is 10.2. The lowest BCUT2D eigenvalue weighted by atomic mass is 10.0. The minimum Gasteiger partial charge on any atom is -0.388 e. The number of hydrogen-bond acceptors (Lipinski definition) is 2. The van der Waals surface area contributed by atoms with Crippen molar-refractivity contribution in [3.63, 3.8) is 0 Å². The standard InChI is InChI=1S/C14H13Cl2NO/c1-9-12(3-2-6-17-9)14(18)8-10-7-11(15)4-5-13(10)16/h2-7,14,18H,8H2,1H3. The van der Waals surface area contributed by atoms with Crippen LogP contribution in [0.25, 0.3) is 0 Å². The summed E-state index contributed by atoms with van der Waals surface area (Å²) in [6.45, 7) is 1.87. The van der Waals surface area contributed by atoms with E-state index in [0.717, 1.165) is 16.8 Å². The van der Waals surface area contributed by atoms with E-state index in [1.165, 1.54) is 0 Å². The first kappa shape index (κ1) is 13.3. The van der Waals surface area contributed by atoms with Crippen LogP contribution < -0.4 is 0 Å². The molecule has 0 saturated heterocycles. The molecular formula is C14H13Cl2NO. The molecule has 1 unspecified atom stereocenters.